The van der Waals surface area contributed by atoms with Gasteiger partial charge in [-0.05, 0) is 18.2 Å². The largest absolute Gasteiger partial charge is 0.463 e. The second-order valence-corrected chi connectivity index (χ2v) is 8.02. The van der Waals surface area contributed by atoms with Crippen LogP contribution in [0.4, 0.5) is 0 Å². The van der Waals surface area contributed by atoms with E-state index in [0.29, 0.717) is 10.5 Å². The molecule has 11 heteroatoms. The maximum Gasteiger partial charge on any atom is 0.303 e. The normalized spacial score (nSPS) is 25.7. The molecule has 1 fully saturated rings. The number of hydrogen-bond acceptors (Lipinski definition) is 10. The van der Waals surface area contributed by atoms with Crippen LogP contribution in [0.1, 0.15) is 26.3 Å². The molecule has 2 rings (SSSR count). The minimum absolute atomic E-state index is 0.209. The zero-order valence-electron chi connectivity index (χ0n) is 16.5. The lowest BCUT2D eigenvalue weighted by Crippen LogP contribution is -2.63. The Morgan fingerprint density at radius 1 is 1.17 bits per heavy atom. The third-order valence-corrected chi connectivity index (χ3v) is 5.52. The topological polar surface area (TPSA) is 138 Å². The fourth-order valence-electron chi connectivity index (χ4n) is 2.84. The number of halogens is 1. The molecule has 0 saturated carbocycles. The average Bonchev–Trinajstić information content (AvgIpc) is 2.65. The van der Waals surface area contributed by atoms with Crippen LogP contribution in [0.5, 0.6) is 0 Å². The zero-order chi connectivity index (χ0) is 22.4. The molecule has 1 aliphatic rings. The summed E-state index contributed by atoms with van der Waals surface area (Å²) in [6.45, 7) is 3.45. The Morgan fingerprint density at radius 2 is 1.80 bits per heavy atom. The highest BCUT2D eigenvalue weighted by Crippen LogP contribution is 2.36. The van der Waals surface area contributed by atoms with E-state index < -0.39 is 47.7 Å². The monoisotopic (exact) mass is 456 g/mol. The summed E-state index contributed by atoms with van der Waals surface area (Å²) >= 11 is 7.25. The maximum absolute atomic E-state index is 11.6. The van der Waals surface area contributed by atoms with Crippen LogP contribution in [0.2, 0.25) is 5.02 Å². The number of nitriles is 1. The summed E-state index contributed by atoms with van der Waals surface area (Å²) in [7, 11) is 0. The third-order valence-electron chi connectivity index (χ3n) is 4.07. The lowest BCUT2D eigenvalue weighted by Gasteiger charge is -2.43. The third kappa shape index (κ3) is 6.34. The predicted molar refractivity (Wildman–Crippen MR) is 106 cm³/mol. The van der Waals surface area contributed by atoms with E-state index in [2.05, 4.69) is 0 Å². The van der Waals surface area contributed by atoms with E-state index in [4.69, 9.17) is 41.5 Å². The first-order valence-electron chi connectivity index (χ1n) is 8.87. The molecule has 9 nitrogen and oxygen atoms in total. The molecule has 1 aromatic carbocycles. The van der Waals surface area contributed by atoms with Crippen LogP contribution in [0, 0.1) is 11.3 Å². The van der Waals surface area contributed by atoms with Crippen molar-refractivity contribution in [2.24, 2.45) is 5.73 Å². The van der Waals surface area contributed by atoms with Crippen LogP contribution in [-0.4, -0.2) is 54.3 Å². The summed E-state index contributed by atoms with van der Waals surface area (Å²) < 4.78 is 21.6. The van der Waals surface area contributed by atoms with Crippen molar-refractivity contribution in [3.8, 4) is 6.07 Å². The summed E-state index contributed by atoms with van der Waals surface area (Å²) in [5.41, 5.74) is 5.77. The number of carbonyl (C=O) groups is 3. The van der Waals surface area contributed by atoms with Gasteiger partial charge in [-0.1, -0.05) is 23.4 Å². The second kappa shape index (κ2) is 10.6. The first-order valence-corrected chi connectivity index (χ1v) is 10.1. The van der Waals surface area contributed by atoms with Gasteiger partial charge in [0.1, 0.15) is 30.3 Å². The Bertz CT molecular complexity index is 858. The van der Waals surface area contributed by atoms with Gasteiger partial charge in [0.15, 0.2) is 6.10 Å². The quantitative estimate of drug-likeness (QED) is 0.497. The van der Waals surface area contributed by atoms with Crippen molar-refractivity contribution in [2.45, 2.75) is 55.5 Å². The van der Waals surface area contributed by atoms with Gasteiger partial charge in [-0.15, -0.1) is 0 Å². The van der Waals surface area contributed by atoms with Crippen LogP contribution < -0.4 is 5.73 Å². The molecule has 1 aliphatic heterocycles. The SMILES string of the molecule is CC(=O)OCC1OC(Sc2ccc(C#N)c(Cl)c2)C(OC(C)=O)C(N)C1OC(C)=O. The molecule has 30 heavy (non-hydrogen) atoms. The second-order valence-electron chi connectivity index (χ2n) is 6.44. The molecule has 0 bridgehead atoms. The molecule has 162 valence electrons. The van der Waals surface area contributed by atoms with E-state index in [9.17, 15) is 14.4 Å². The maximum atomic E-state index is 11.6. The highest BCUT2D eigenvalue weighted by Gasteiger charge is 2.48. The standard InChI is InChI=1S/C19H21ClN2O7S/c1-9(23)26-8-15-17(27-10(2)24)16(22)18(28-11(3)25)19(29-15)30-13-5-4-12(7-21)14(20)6-13/h4-6,15-19H,8,22H2,1-3H3. The predicted octanol–water partition coefficient (Wildman–Crippen LogP) is 1.78. The van der Waals surface area contributed by atoms with Crippen molar-refractivity contribution in [3.63, 3.8) is 0 Å². The molecule has 1 saturated heterocycles. The number of esters is 3. The van der Waals surface area contributed by atoms with Gasteiger partial charge in [0.05, 0.1) is 16.6 Å². The molecule has 0 radical (unpaired) electrons. The number of hydrogen-bond donors (Lipinski definition) is 1. The van der Waals surface area contributed by atoms with Gasteiger partial charge in [-0.25, -0.2) is 0 Å². The Kier molecular flexibility index (Phi) is 8.49. The van der Waals surface area contributed by atoms with Gasteiger partial charge < -0.3 is 24.7 Å². The summed E-state index contributed by atoms with van der Waals surface area (Å²) in [6.07, 6.45) is -2.86. The molecule has 1 aromatic rings. The van der Waals surface area contributed by atoms with Crippen LogP contribution in [-0.2, 0) is 33.3 Å². The Balaban J connectivity index is 2.33. The van der Waals surface area contributed by atoms with Crippen molar-refractivity contribution in [1.82, 2.24) is 0 Å². The summed E-state index contributed by atoms with van der Waals surface area (Å²) in [5.74, 6) is -1.75. The molecule has 0 aromatic heterocycles. The summed E-state index contributed by atoms with van der Waals surface area (Å²) in [6, 6.07) is 5.80. The van der Waals surface area contributed by atoms with E-state index in [0.717, 1.165) is 11.8 Å². The van der Waals surface area contributed by atoms with Gasteiger partial charge in [-0.3, -0.25) is 14.4 Å². The van der Waals surface area contributed by atoms with Crippen molar-refractivity contribution < 1.29 is 33.3 Å². The van der Waals surface area contributed by atoms with Crippen LogP contribution >= 0.6 is 23.4 Å². The van der Waals surface area contributed by atoms with Crippen molar-refractivity contribution >= 4 is 41.3 Å². The van der Waals surface area contributed by atoms with Crippen molar-refractivity contribution in [2.75, 3.05) is 6.61 Å². The number of benzene rings is 1. The fraction of sp³-hybridized carbons (Fsp3) is 0.474. The molecule has 2 N–H and O–H groups in total. The lowest BCUT2D eigenvalue weighted by molar-refractivity contribution is -0.201. The molecule has 1 heterocycles. The van der Waals surface area contributed by atoms with E-state index in [-0.39, 0.29) is 11.6 Å². The molecule has 5 atom stereocenters. The fourth-order valence-corrected chi connectivity index (χ4v) is 4.30. The zero-order valence-corrected chi connectivity index (χ0v) is 18.1. The number of ether oxygens (including phenoxy) is 4. The summed E-state index contributed by atoms with van der Waals surface area (Å²) in [4.78, 5) is 35.1. The average molecular weight is 457 g/mol. The molecule has 5 unspecified atom stereocenters. The van der Waals surface area contributed by atoms with Gasteiger partial charge in [0, 0.05) is 25.7 Å². The van der Waals surface area contributed by atoms with Crippen molar-refractivity contribution in [1.29, 1.82) is 5.26 Å². The first-order chi connectivity index (χ1) is 14.1. The highest BCUT2D eigenvalue weighted by molar-refractivity contribution is 7.99. The van der Waals surface area contributed by atoms with E-state index >= 15 is 0 Å². The van der Waals surface area contributed by atoms with E-state index in [1.807, 2.05) is 6.07 Å². The Labute approximate surface area is 182 Å². The molecule has 0 aliphatic carbocycles. The molecular weight excluding hydrogens is 436 g/mol. The number of carbonyl (C=O) groups excluding carboxylic acids is 3. The molecule has 0 amide bonds. The number of thioether (sulfide) groups is 1. The van der Waals surface area contributed by atoms with Gasteiger partial charge in [-0.2, -0.15) is 5.26 Å². The van der Waals surface area contributed by atoms with Crippen molar-refractivity contribution in [3.05, 3.63) is 28.8 Å². The first kappa shape index (κ1) is 24.0. The molecular formula is C19H21ClN2O7S. The van der Waals surface area contributed by atoms with Crippen LogP contribution in [0.15, 0.2) is 23.1 Å². The van der Waals surface area contributed by atoms with Gasteiger partial charge in [0.25, 0.3) is 0 Å². The smallest absolute Gasteiger partial charge is 0.303 e. The van der Waals surface area contributed by atoms with Crippen LogP contribution in [0.3, 0.4) is 0 Å². The lowest BCUT2D eigenvalue weighted by atomic mass is 9.97. The molecule has 0 spiro atoms. The number of nitrogens with two attached hydrogens (primary N) is 1. The Hall–Kier alpha value is -2.32. The summed E-state index contributed by atoms with van der Waals surface area (Å²) in [5, 5.41) is 9.27. The van der Waals surface area contributed by atoms with E-state index in [1.165, 1.54) is 20.8 Å². The van der Waals surface area contributed by atoms with Gasteiger partial charge in [0.2, 0.25) is 0 Å². The minimum Gasteiger partial charge on any atom is -0.463 e. The highest BCUT2D eigenvalue weighted by atomic mass is 35.5. The minimum atomic E-state index is -1.01. The number of rotatable bonds is 6. The number of nitrogens with zero attached hydrogens (tertiary/aromatic N) is 1. The van der Waals surface area contributed by atoms with Crippen LogP contribution in [0.25, 0.3) is 0 Å². The van der Waals surface area contributed by atoms with Gasteiger partial charge >= 0.3 is 17.9 Å². The van der Waals surface area contributed by atoms with E-state index in [1.54, 1.807) is 18.2 Å². The Morgan fingerprint density at radius 3 is 2.33 bits per heavy atom.